The van der Waals surface area contributed by atoms with Gasteiger partial charge in [0, 0.05) is 0 Å². The molecule has 0 aromatic heterocycles. The van der Waals surface area contributed by atoms with E-state index >= 15 is 0 Å². The number of hydrogen-bond acceptors (Lipinski definition) is 4. The molecule has 1 rings (SSSR count). The van der Waals surface area contributed by atoms with Crippen LogP contribution in [-0.4, -0.2) is 19.3 Å². The molecule has 12 heavy (non-hydrogen) atoms. The fourth-order valence-electron chi connectivity index (χ4n) is 0.750. The highest BCUT2D eigenvalue weighted by Gasteiger charge is 2.17. The summed E-state index contributed by atoms with van der Waals surface area (Å²) in [5.74, 6) is 0. The van der Waals surface area contributed by atoms with Crippen molar-refractivity contribution in [2.24, 2.45) is 0 Å². The van der Waals surface area contributed by atoms with Gasteiger partial charge in [-0.15, -0.1) is 0 Å². The van der Waals surface area contributed by atoms with E-state index in [1.54, 1.807) is 24.3 Å². The monoisotopic (exact) mass is 168 g/mol. The minimum atomic E-state index is -1.12. The molecule has 0 unspecified atom stereocenters. The quantitative estimate of drug-likeness (QED) is 0.387. The molecule has 1 aromatic rings. The van der Waals surface area contributed by atoms with Crippen LogP contribution >= 0.6 is 0 Å². The Labute approximate surface area is 70.7 Å². The molecule has 0 spiro atoms. The average Bonchev–Trinajstić information content (AvgIpc) is 2.15. The molecule has 0 radical (unpaired) electrons. The summed E-state index contributed by atoms with van der Waals surface area (Å²) in [6.45, 7) is 0. The molecule has 64 valence electrons. The molecule has 0 aliphatic rings. The van der Waals surface area contributed by atoms with E-state index in [2.05, 4.69) is 14.7 Å². The van der Waals surface area contributed by atoms with Crippen LogP contribution in [-0.2, 0) is 14.7 Å². The van der Waals surface area contributed by atoms with Gasteiger partial charge in [-0.1, -0.05) is 35.4 Å². The van der Waals surface area contributed by atoms with Crippen molar-refractivity contribution in [1.29, 1.82) is 0 Å². The SMILES string of the molecule is COOOB(O)c1ccccc1. The van der Waals surface area contributed by atoms with Gasteiger partial charge in [-0.3, -0.25) is 0 Å². The molecule has 0 heterocycles. The lowest BCUT2D eigenvalue weighted by Gasteiger charge is -2.03. The molecule has 0 saturated carbocycles. The molecule has 0 aliphatic heterocycles. The predicted molar refractivity (Wildman–Crippen MR) is 43.2 cm³/mol. The minimum Gasteiger partial charge on any atom is -0.421 e. The summed E-state index contributed by atoms with van der Waals surface area (Å²) in [7, 11) is 0.170. The van der Waals surface area contributed by atoms with Gasteiger partial charge in [0.2, 0.25) is 0 Å². The zero-order valence-corrected chi connectivity index (χ0v) is 6.64. The Morgan fingerprint density at radius 2 is 1.92 bits per heavy atom. The van der Waals surface area contributed by atoms with E-state index in [1.165, 1.54) is 7.11 Å². The summed E-state index contributed by atoms with van der Waals surface area (Å²) in [5, 5.41) is 13.3. The first-order valence-corrected chi connectivity index (χ1v) is 3.43. The largest absolute Gasteiger partial charge is 0.527 e. The van der Waals surface area contributed by atoms with Crippen molar-refractivity contribution in [1.82, 2.24) is 0 Å². The third-order valence-electron chi connectivity index (χ3n) is 1.28. The van der Waals surface area contributed by atoms with Gasteiger partial charge in [-0.25, -0.2) is 9.69 Å². The summed E-state index contributed by atoms with van der Waals surface area (Å²) in [6, 6.07) is 8.84. The summed E-state index contributed by atoms with van der Waals surface area (Å²) < 4.78 is 0. The molecule has 0 aliphatic carbocycles. The van der Waals surface area contributed by atoms with E-state index in [9.17, 15) is 5.02 Å². The second-order valence-electron chi connectivity index (χ2n) is 2.09. The first kappa shape index (κ1) is 9.21. The summed E-state index contributed by atoms with van der Waals surface area (Å²) >= 11 is 0. The van der Waals surface area contributed by atoms with Crippen LogP contribution in [0, 0.1) is 0 Å². The minimum absolute atomic E-state index is 0.606. The molecule has 0 fully saturated rings. The molecule has 0 saturated heterocycles. The van der Waals surface area contributed by atoms with Gasteiger partial charge in [0.05, 0.1) is 7.11 Å². The Kier molecular flexibility index (Phi) is 3.76. The van der Waals surface area contributed by atoms with Gasteiger partial charge in [0.1, 0.15) is 0 Å². The molecule has 1 N–H and O–H groups in total. The van der Waals surface area contributed by atoms with Crippen molar-refractivity contribution in [3.05, 3.63) is 30.3 Å². The van der Waals surface area contributed by atoms with Crippen LogP contribution < -0.4 is 5.46 Å². The van der Waals surface area contributed by atoms with Crippen molar-refractivity contribution in [3.8, 4) is 0 Å². The zero-order valence-electron chi connectivity index (χ0n) is 6.64. The molecule has 0 amide bonds. The topological polar surface area (TPSA) is 47.9 Å². The smallest absolute Gasteiger partial charge is 0.421 e. The van der Waals surface area contributed by atoms with Crippen molar-refractivity contribution < 1.29 is 19.8 Å². The van der Waals surface area contributed by atoms with Crippen molar-refractivity contribution in [2.75, 3.05) is 7.11 Å². The molecule has 1 aromatic carbocycles. The van der Waals surface area contributed by atoms with Gasteiger partial charge in [-0.2, -0.15) is 0 Å². The Bertz CT molecular complexity index is 216. The van der Waals surface area contributed by atoms with Crippen LogP contribution in [0.3, 0.4) is 0 Å². The first-order chi connectivity index (χ1) is 5.84. The fourth-order valence-corrected chi connectivity index (χ4v) is 0.750. The lowest BCUT2D eigenvalue weighted by Crippen LogP contribution is -2.33. The lowest BCUT2D eigenvalue weighted by molar-refractivity contribution is -0.461. The van der Waals surface area contributed by atoms with Crippen molar-refractivity contribution in [3.63, 3.8) is 0 Å². The second kappa shape index (κ2) is 4.89. The van der Waals surface area contributed by atoms with Crippen LogP contribution in [0.1, 0.15) is 0 Å². The van der Waals surface area contributed by atoms with Crippen LogP contribution in [0.2, 0.25) is 0 Å². The number of rotatable bonds is 4. The second-order valence-corrected chi connectivity index (χ2v) is 2.09. The van der Waals surface area contributed by atoms with Gasteiger partial charge in [-0.05, 0) is 5.46 Å². The Balaban J connectivity index is 2.48. The van der Waals surface area contributed by atoms with Crippen molar-refractivity contribution >= 4 is 12.6 Å². The standard InChI is InChI=1S/C7H9BO4/c1-10-12-11-8(9)7-5-3-2-4-6-7/h2-6,9H,1H3. The third-order valence-corrected chi connectivity index (χ3v) is 1.28. The summed E-state index contributed by atoms with van der Waals surface area (Å²) in [6.07, 6.45) is 0. The summed E-state index contributed by atoms with van der Waals surface area (Å²) in [4.78, 5) is 8.56. The van der Waals surface area contributed by atoms with E-state index in [0.717, 1.165) is 0 Å². The van der Waals surface area contributed by atoms with Gasteiger partial charge >= 0.3 is 7.12 Å². The molecular weight excluding hydrogens is 159 g/mol. The van der Waals surface area contributed by atoms with Crippen LogP contribution in [0.4, 0.5) is 0 Å². The zero-order chi connectivity index (χ0) is 8.81. The molecular formula is C7H9BO4. The van der Waals surface area contributed by atoms with Crippen molar-refractivity contribution in [2.45, 2.75) is 0 Å². The van der Waals surface area contributed by atoms with Crippen LogP contribution in [0.5, 0.6) is 0 Å². The van der Waals surface area contributed by atoms with E-state index in [1.807, 2.05) is 6.07 Å². The maximum absolute atomic E-state index is 9.22. The molecule has 0 atom stereocenters. The van der Waals surface area contributed by atoms with Gasteiger partial charge < -0.3 is 5.02 Å². The molecule has 4 nitrogen and oxygen atoms in total. The molecule has 0 bridgehead atoms. The van der Waals surface area contributed by atoms with Gasteiger partial charge in [0.15, 0.2) is 0 Å². The Hall–Kier alpha value is -0.875. The first-order valence-electron chi connectivity index (χ1n) is 3.43. The van der Waals surface area contributed by atoms with Crippen LogP contribution in [0.25, 0.3) is 0 Å². The maximum Gasteiger partial charge on any atom is 0.527 e. The van der Waals surface area contributed by atoms with E-state index < -0.39 is 7.12 Å². The number of benzene rings is 1. The highest BCUT2D eigenvalue weighted by Crippen LogP contribution is 1.88. The Morgan fingerprint density at radius 3 is 2.50 bits per heavy atom. The Morgan fingerprint density at radius 1 is 1.25 bits per heavy atom. The highest BCUT2D eigenvalue weighted by atomic mass is 17.5. The van der Waals surface area contributed by atoms with E-state index in [4.69, 9.17) is 0 Å². The number of hydrogen-bond donors (Lipinski definition) is 1. The van der Waals surface area contributed by atoms with Crippen LogP contribution in [0.15, 0.2) is 30.3 Å². The summed E-state index contributed by atoms with van der Waals surface area (Å²) in [5.41, 5.74) is 0.606. The van der Waals surface area contributed by atoms with E-state index in [-0.39, 0.29) is 0 Å². The average molecular weight is 168 g/mol. The van der Waals surface area contributed by atoms with Gasteiger partial charge in [0.25, 0.3) is 0 Å². The lowest BCUT2D eigenvalue weighted by atomic mass is 9.80. The normalized spacial score (nSPS) is 9.83. The fraction of sp³-hybridized carbons (Fsp3) is 0.143. The third kappa shape index (κ3) is 2.63. The molecule has 5 heteroatoms. The van der Waals surface area contributed by atoms with E-state index in [0.29, 0.717) is 5.46 Å². The maximum atomic E-state index is 9.22. The highest BCUT2D eigenvalue weighted by molar-refractivity contribution is 6.59. The predicted octanol–water partition coefficient (Wildman–Crippen LogP) is -0.116.